The van der Waals surface area contributed by atoms with Gasteiger partial charge >= 0.3 is 0 Å². The van der Waals surface area contributed by atoms with Crippen molar-refractivity contribution in [2.45, 2.75) is 13.8 Å². The number of amides is 1. The number of hydrogen-bond acceptors (Lipinski definition) is 5. The summed E-state index contributed by atoms with van der Waals surface area (Å²) in [6.45, 7) is 5.74. The van der Waals surface area contributed by atoms with Crippen LogP contribution in [0.5, 0.6) is 0 Å². The van der Waals surface area contributed by atoms with Crippen molar-refractivity contribution < 1.29 is 9.42 Å². The third kappa shape index (κ3) is 1.67. The molecule has 15 heavy (non-hydrogen) atoms. The Kier molecular flexibility index (Phi) is 2.34. The SMILES string of the molecule is CC1CN(C(=O)c2nonc2N)CC1C. The van der Waals surface area contributed by atoms with E-state index in [2.05, 4.69) is 28.8 Å². The highest BCUT2D eigenvalue weighted by atomic mass is 16.6. The van der Waals surface area contributed by atoms with E-state index in [0.717, 1.165) is 13.1 Å². The van der Waals surface area contributed by atoms with Gasteiger partial charge < -0.3 is 10.6 Å². The Hall–Kier alpha value is -1.59. The first-order valence-corrected chi connectivity index (χ1v) is 4.97. The van der Waals surface area contributed by atoms with Gasteiger partial charge in [-0.25, -0.2) is 4.63 Å². The van der Waals surface area contributed by atoms with Crippen LogP contribution in [-0.4, -0.2) is 34.2 Å². The molecule has 0 spiro atoms. The maximum Gasteiger partial charge on any atom is 0.280 e. The molecule has 6 heteroatoms. The average molecular weight is 210 g/mol. The molecule has 2 heterocycles. The van der Waals surface area contributed by atoms with Gasteiger partial charge in [0.1, 0.15) is 0 Å². The number of rotatable bonds is 1. The van der Waals surface area contributed by atoms with Crippen LogP contribution in [-0.2, 0) is 0 Å². The number of carbonyl (C=O) groups excluding carboxylic acids is 1. The molecule has 0 saturated carbocycles. The smallest absolute Gasteiger partial charge is 0.280 e. The van der Waals surface area contributed by atoms with Crippen molar-refractivity contribution in [1.82, 2.24) is 15.2 Å². The molecule has 1 saturated heterocycles. The first-order chi connectivity index (χ1) is 7.09. The van der Waals surface area contributed by atoms with Gasteiger partial charge in [0.2, 0.25) is 11.5 Å². The molecule has 0 aliphatic carbocycles. The molecule has 1 aliphatic heterocycles. The number of nitrogen functional groups attached to an aromatic ring is 1. The number of aromatic nitrogens is 2. The van der Waals surface area contributed by atoms with Crippen LogP contribution in [0.15, 0.2) is 4.63 Å². The molecule has 1 aliphatic rings. The highest BCUT2D eigenvalue weighted by Gasteiger charge is 2.32. The average Bonchev–Trinajstić information content (AvgIpc) is 2.74. The normalized spacial score (nSPS) is 25.9. The lowest BCUT2D eigenvalue weighted by molar-refractivity contribution is 0.0774. The standard InChI is InChI=1S/C9H14N4O2/c1-5-3-13(4-6(5)2)9(14)7-8(10)12-15-11-7/h5-6H,3-4H2,1-2H3,(H2,10,12). The van der Waals surface area contributed by atoms with Crippen LogP contribution in [0.25, 0.3) is 0 Å². The lowest BCUT2D eigenvalue weighted by Crippen LogP contribution is -2.29. The van der Waals surface area contributed by atoms with Gasteiger partial charge in [-0.1, -0.05) is 13.8 Å². The van der Waals surface area contributed by atoms with Crippen molar-refractivity contribution in [2.24, 2.45) is 11.8 Å². The lowest BCUT2D eigenvalue weighted by atomic mass is 10.0. The van der Waals surface area contributed by atoms with Gasteiger partial charge in [-0.2, -0.15) is 0 Å². The quantitative estimate of drug-likeness (QED) is 0.724. The fourth-order valence-corrected chi connectivity index (χ4v) is 1.79. The fraction of sp³-hybridized carbons (Fsp3) is 0.667. The summed E-state index contributed by atoms with van der Waals surface area (Å²) in [6.07, 6.45) is 0. The third-order valence-electron chi connectivity index (χ3n) is 2.99. The Morgan fingerprint density at radius 2 is 2.00 bits per heavy atom. The van der Waals surface area contributed by atoms with E-state index in [-0.39, 0.29) is 17.4 Å². The van der Waals surface area contributed by atoms with Crippen molar-refractivity contribution in [3.8, 4) is 0 Å². The predicted octanol–water partition coefficient (Wildman–Crippen LogP) is 0.380. The predicted molar refractivity (Wildman–Crippen MR) is 52.9 cm³/mol. The Morgan fingerprint density at radius 1 is 1.40 bits per heavy atom. The largest absolute Gasteiger partial charge is 0.379 e. The molecule has 1 aromatic heterocycles. The summed E-state index contributed by atoms with van der Waals surface area (Å²) in [4.78, 5) is 13.6. The lowest BCUT2D eigenvalue weighted by Gasteiger charge is -2.13. The fourth-order valence-electron chi connectivity index (χ4n) is 1.79. The van der Waals surface area contributed by atoms with Crippen LogP contribution < -0.4 is 5.73 Å². The Labute approximate surface area is 87.4 Å². The molecule has 6 nitrogen and oxygen atoms in total. The molecular weight excluding hydrogens is 196 g/mol. The summed E-state index contributed by atoms with van der Waals surface area (Å²) < 4.78 is 4.41. The first kappa shape index (κ1) is 9.95. The molecule has 1 amide bonds. The maximum absolute atomic E-state index is 11.9. The summed E-state index contributed by atoms with van der Waals surface area (Å²) >= 11 is 0. The molecule has 2 rings (SSSR count). The second-order valence-corrected chi connectivity index (χ2v) is 4.16. The summed E-state index contributed by atoms with van der Waals surface area (Å²) in [5, 5.41) is 6.90. The van der Waals surface area contributed by atoms with Gasteiger partial charge in [-0.3, -0.25) is 4.79 Å². The molecule has 0 bridgehead atoms. The van der Waals surface area contributed by atoms with E-state index in [9.17, 15) is 4.79 Å². The second kappa shape index (κ2) is 3.52. The number of carbonyl (C=O) groups is 1. The molecule has 1 fully saturated rings. The van der Waals surface area contributed by atoms with E-state index in [1.165, 1.54) is 0 Å². The topological polar surface area (TPSA) is 85.2 Å². The van der Waals surface area contributed by atoms with Gasteiger partial charge in [-0.05, 0) is 22.1 Å². The Balaban J connectivity index is 2.13. The minimum atomic E-state index is -0.190. The van der Waals surface area contributed by atoms with E-state index >= 15 is 0 Å². The van der Waals surface area contributed by atoms with Gasteiger partial charge in [0.25, 0.3) is 5.91 Å². The number of hydrogen-bond donors (Lipinski definition) is 1. The molecular formula is C9H14N4O2. The summed E-state index contributed by atoms with van der Waals surface area (Å²) in [5.41, 5.74) is 5.59. The molecule has 0 aromatic carbocycles. The highest BCUT2D eigenvalue weighted by molar-refractivity contribution is 5.96. The molecule has 2 unspecified atom stereocenters. The zero-order valence-electron chi connectivity index (χ0n) is 8.80. The first-order valence-electron chi connectivity index (χ1n) is 4.97. The zero-order chi connectivity index (χ0) is 11.0. The third-order valence-corrected chi connectivity index (χ3v) is 2.99. The summed E-state index contributed by atoms with van der Waals surface area (Å²) in [7, 11) is 0. The summed E-state index contributed by atoms with van der Waals surface area (Å²) in [6, 6.07) is 0. The van der Waals surface area contributed by atoms with Crippen LogP contribution >= 0.6 is 0 Å². The van der Waals surface area contributed by atoms with Crippen molar-refractivity contribution in [2.75, 3.05) is 18.8 Å². The molecule has 2 atom stereocenters. The number of likely N-dealkylation sites (tertiary alicyclic amines) is 1. The number of nitrogens with zero attached hydrogens (tertiary/aromatic N) is 3. The van der Waals surface area contributed by atoms with Crippen molar-refractivity contribution in [1.29, 1.82) is 0 Å². The van der Waals surface area contributed by atoms with Gasteiger partial charge in [-0.15, -0.1) is 0 Å². The minimum Gasteiger partial charge on any atom is -0.379 e. The van der Waals surface area contributed by atoms with Gasteiger partial charge in [0, 0.05) is 13.1 Å². The van der Waals surface area contributed by atoms with Crippen LogP contribution in [0.4, 0.5) is 5.82 Å². The molecule has 2 N–H and O–H groups in total. The van der Waals surface area contributed by atoms with Crippen molar-refractivity contribution in [3.05, 3.63) is 5.69 Å². The van der Waals surface area contributed by atoms with Crippen LogP contribution in [0.1, 0.15) is 24.3 Å². The Morgan fingerprint density at radius 3 is 2.47 bits per heavy atom. The van der Waals surface area contributed by atoms with Gasteiger partial charge in [0.15, 0.2) is 0 Å². The van der Waals surface area contributed by atoms with Crippen LogP contribution in [0, 0.1) is 11.8 Å². The minimum absolute atomic E-state index is 0.0622. The van der Waals surface area contributed by atoms with E-state index < -0.39 is 0 Å². The number of nitrogens with two attached hydrogens (primary N) is 1. The van der Waals surface area contributed by atoms with E-state index in [4.69, 9.17) is 5.73 Å². The summed E-state index contributed by atoms with van der Waals surface area (Å²) in [5.74, 6) is 0.891. The molecule has 1 aromatic rings. The number of anilines is 1. The monoisotopic (exact) mass is 210 g/mol. The highest BCUT2D eigenvalue weighted by Crippen LogP contribution is 2.24. The van der Waals surface area contributed by atoms with E-state index in [1.807, 2.05) is 0 Å². The zero-order valence-corrected chi connectivity index (χ0v) is 8.80. The maximum atomic E-state index is 11.9. The molecule has 0 radical (unpaired) electrons. The van der Waals surface area contributed by atoms with Crippen molar-refractivity contribution >= 4 is 11.7 Å². The van der Waals surface area contributed by atoms with Gasteiger partial charge in [0.05, 0.1) is 0 Å². The van der Waals surface area contributed by atoms with Crippen LogP contribution in [0.3, 0.4) is 0 Å². The van der Waals surface area contributed by atoms with E-state index in [0.29, 0.717) is 11.8 Å². The van der Waals surface area contributed by atoms with E-state index in [1.54, 1.807) is 4.90 Å². The Bertz CT molecular complexity index is 366. The van der Waals surface area contributed by atoms with Crippen molar-refractivity contribution in [3.63, 3.8) is 0 Å². The molecule has 82 valence electrons. The van der Waals surface area contributed by atoms with Crippen LogP contribution in [0.2, 0.25) is 0 Å². The second-order valence-electron chi connectivity index (χ2n) is 4.16.